The molecule has 1 aromatic rings. The molecule has 2 aliphatic rings. The van der Waals surface area contributed by atoms with Crippen LogP contribution in [0.25, 0.3) is 0 Å². The Morgan fingerprint density at radius 3 is 2.33 bits per heavy atom. The van der Waals surface area contributed by atoms with Gasteiger partial charge in [-0.1, -0.05) is 23.8 Å². The van der Waals surface area contributed by atoms with E-state index in [1.165, 1.54) is 14.2 Å². The van der Waals surface area contributed by atoms with Gasteiger partial charge in [0.15, 0.2) is 0 Å². The largest absolute Gasteiger partial charge is 0.495 e. The van der Waals surface area contributed by atoms with Crippen LogP contribution in [-0.4, -0.2) is 31.2 Å². The van der Waals surface area contributed by atoms with Gasteiger partial charge in [0.2, 0.25) is 5.91 Å². The zero-order valence-corrected chi connectivity index (χ0v) is 14.0. The zero-order valence-electron chi connectivity index (χ0n) is 13.3. The molecule has 0 aliphatic heterocycles. The summed E-state index contributed by atoms with van der Waals surface area (Å²) in [6.07, 6.45) is 4.54. The molecule has 24 heavy (non-hydrogen) atoms. The molecule has 7 heteroatoms. The lowest BCUT2D eigenvalue weighted by Gasteiger charge is -2.24. The highest BCUT2D eigenvalue weighted by molar-refractivity contribution is 6.32. The molecule has 2 N–H and O–H groups in total. The average Bonchev–Trinajstić information content (AvgIpc) is 3.16. The van der Waals surface area contributed by atoms with E-state index in [1.807, 2.05) is 12.2 Å². The molecular weight excluding hydrogens is 334 g/mol. The lowest BCUT2D eigenvalue weighted by atomic mass is 9.82. The fourth-order valence-electron chi connectivity index (χ4n) is 3.69. The van der Waals surface area contributed by atoms with Crippen LogP contribution < -0.4 is 14.8 Å². The third kappa shape index (κ3) is 2.71. The second kappa shape index (κ2) is 6.36. The van der Waals surface area contributed by atoms with Crippen molar-refractivity contribution >= 4 is 29.2 Å². The van der Waals surface area contributed by atoms with Crippen LogP contribution in [0.1, 0.15) is 6.42 Å². The van der Waals surface area contributed by atoms with E-state index >= 15 is 0 Å². The Morgan fingerprint density at radius 2 is 1.75 bits per heavy atom. The number of fused-ring (bicyclic) bond motifs is 2. The zero-order chi connectivity index (χ0) is 17.4. The second-order valence-corrected chi connectivity index (χ2v) is 6.42. The number of anilines is 1. The van der Waals surface area contributed by atoms with Gasteiger partial charge in [-0.3, -0.25) is 9.59 Å². The van der Waals surface area contributed by atoms with Gasteiger partial charge in [0.05, 0.1) is 36.8 Å². The summed E-state index contributed by atoms with van der Waals surface area (Å²) in [5.74, 6) is -1.89. The summed E-state index contributed by atoms with van der Waals surface area (Å²) in [6.45, 7) is 0. The molecule has 2 aliphatic carbocycles. The Labute approximate surface area is 144 Å². The standard InChI is InChI=1S/C17H18ClNO5/c1-23-12-7-11(13(24-2)6-10(12)18)19-16(20)14-8-3-4-9(5-8)15(14)17(21)22/h3-4,6-9,14-15H,5H2,1-2H3,(H,19,20)(H,21,22)/t8-,9+,14+,15-/m0/s1. The number of hydrogen-bond donors (Lipinski definition) is 2. The predicted octanol–water partition coefficient (Wildman–Crippen LogP) is 2.82. The molecule has 6 nitrogen and oxygen atoms in total. The number of halogens is 1. The molecule has 1 saturated carbocycles. The van der Waals surface area contributed by atoms with E-state index < -0.39 is 17.8 Å². The number of carbonyl (C=O) groups excluding carboxylic acids is 1. The Kier molecular flexibility index (Phi) is 4.41. The third-order valence-corrected chi connectivity index (χ3v) is 5.07. The Balaban J connectivity index is 1.87. The summed E-state index contributed by atoms with van der Waals surface area (Å²) in [5.41, 5.74) is 0.402. The molecule has 1 aromatic carbocycles. The number of carboxylic acid groups (broad SMARTS) is 1. The highest BCUT2D eigenvalue weighted by atomic mass is 35.5. The van der Waals surface area contributed by atoms with E-state index in [2.05, 4.69) is 5.32 Å². The lowest BCUT2D eigenvalue weighted by molar-refractivity contribution is -0.146. The van der Waals surface area contributed by atoms with Gasteiger partial charge in [-0.25, -0.2) is 0 Å². The van der Waals surface area contributed by atoms with E-state index in [0.717, 1.165) is 0 Å². The number of ether oxygens (including phenoxy) is 2. The lowest BCUT2D eigenvalue weighted by Crippen LogP contribution is -2.36. The highest BCUT2D eigenvalue weighted by Crippen LogP contribution is 2.48. The summed E-state index contributed by atoms with van der Waals surface area (Å²) in [6, 6.07) is 3.11. The SMILES string of the molecule is COc1cc(NC(=O)[C@H]2[C@@H](C(=O)O)[C@@H]3C=C[C@H]2C3)c(OC)cc1Cl. The number of allylic oxidation sites excluding steroid dienone is 2. The maximum absolute atomic E-state index is 12.7. The highest BCUT2D eigenvalue weighted by Gasteiger charge is 2.51. The molecule has 0 heterocycles. The average molecular weight is 352 g/mol. The number of carboxylic acids is 1. The van der Waals surface area contributed by atoms with Crippen molar-refractivity contribution in [3.8, 4) is 11.5 Å². The minimum Gasteiger partial charge on any atom is -0.495 e. The fraction of sp³-hybridized carbons (Fsp3) is 0.412. The molecule has 3 rings (SSSR count). The number of aliphatic carboxylic acids is 1. The number of rotatable bonds is 5. The molecule has 128 valence electrons. The number of hydrogen-bond acceptors (Lipinski definition) is 4. The molecule has 1 fully saturated rings. The minimum absolute atomic E-state index is 0.0451. The number of amides is 1. The van der Waals surface area contributed by atoms with E-state index in [4.69, 9.17) is 21.1 Å². The third-order valence-electron chi connectivity index (χ3n) is 4.78. The monoisotopic (exact) mass is 351 g/mol. The van der Waals surface area contributed by atoms with Gasteiger partial charge in [0, 0.05) is 12.1 Å². The van der Waals surface area contributed by atoms with E-state index in [9.17, 15) is 14.7 Å². The second-order valence-electron chi connectivity index (χ2n) is 6.01. The van der Waals surface area contributed by atoms with Crippen LogP contribution >= 0.6 is 11.6 Å². The van der Waals surface area contributed by atoms with Gasteiger partial charge in [-0.2, -0.15) is 0 Å². The van der Waals surface area contributed by atoms with Gasteiger partial charge in [-0.15, -0.1) is 0 Å². The number of methoxy groups -OCH3 is 2. The first kappa shape index (κ1) is 16.6. The molecule has 0 saturated heterocycles. The first-order valence-corrected chi connectivity index (χ1v) is 7.97. The Bertz CT molecular complexity index is 717. The van der Waals surface area contributed by atoms with Crippen molar-refractivity contribution in [3.05, 3.63) is 29.3 Å². The Morgan fingerprint density at radius 1 is 1.12 bits per heavy atom. The normalized spacial score (nSPS) is 27.1. The fourth-order valence-corrected chi connectivity index (χ4v) is 3.92. The number of benzene rings is 1. The van der Waals surface area contributed by atoms with Crippen LogP contribution in [0.15, 0.2) is 24.3 Å². The van der Waals surface area contributed by atoms with E-state index in [0.29, 0.717) is 28.6 Å². The van der Waals surface area contributed by atoms with Crippen molar-refractivity contribution in [3.63, 3.8) is 0 Å². The van der Waals surface area contributed by atoms with E-state index in [-0.39, 0.29) is 17.7 Å². The first-order valence-electron chi connectivity index (χ1n) is 7.59. The number of carbonyl (C=O) groups is 2. The minimum atomic E-state index is -0.937. The maximum atomic E-state index is 12.7. The van der Waals surface area contributed by atoms with Gasteiger partial charge < -0.3 is 19.9 Å². The van der Waals surface area contributed by atoms with Crippen LogP contribution in [0.4, 0.5) is 5.69 Å². The summed E-state index contributed by atoms with van der Waals surface area (Å²) in [5, 5.41) is 12.6. The quantitative estimate of drug-likeness (QED) is 0.797. The number of nitrogens with one attached hydrogen (secondary N) is 1. The molecule has 0 aromatic heterocycles. The first-order chi connectivity index (χ1) is 11.5. The van der Waals surface area contributed by atoms with Crippen LogP contribution in [0.2, 0.25) is 5.02 Å². The van der Waals surface area contributed by atoms with Crippen LogP contribution in [-0.2, 0) is 9.59 Å². The van der Waals surface area contributed by atoms with Gasteiger partial charge in [0.25, 0.3) is 0 Å². The molecule has 0 unspecified atom stereocenters. The molecular formula is C17H18ClNO5. The van der Waals surface area contributed by atoms with E-state index in [1.54, 1.807) is 12.1 Å². The maximum Gasteiger partial charge on any atom is 0.307 e. The summed E-state index contributed by atoms with van der Waals surface area (Å²) in [7, 11) is 2.94. The van der Waals surface area contributed by atoms with Crippen molar-refractivity contribution in [2.75, 3.05) is 19.5 Å². The van der Waals surface area contributed by atoms with Crippen molar-refractivity contribution in [1.82, 2.24) is 0 Å². The van der Waals surface area contributed by atoms with Gasteiger partial charge in [-0.05, 0) is 18.3 Å². The summed E-state index contributed by atoms with van der Waals surface area (Å²) < 4.78 is 10.4. The smallest absolute Gasteiger partial charge is 0.307 e. The van der Waals surface area contributed by atoms with Gasteiger partial charge >= 0.3 is 5.97 Å². The Hall–Kier alpha value is -2.21. The summed E-state index contributed by atoms with van der Waals surface area (Å²) in [4.78, 5) is 24.3. The van der Waals surface area contributed by atoms with Crippen molar-refractivity contribution in [2.45, 2.75) is 6.42 Å². The van der Waals surface area contributed by atoms with Crippen LogP contribution in [0.5, 0.6) is 11.5 Å². The summed E-state index contributed by atoms with van der Waals surface area (Å²) >= 11 is 6.06. The molecule has 0 radical (unpaired) electrons. The molecule has 1 amide bonds. The molecule has 0 spiro atoms. The van der Waals surface area contributed by atoms with Gasteiger partial charge in [0.1, 0.15) is 11.5 Å². The van der Waals surface area contributed by atoms with Crippen LogP contribution in [0, 0.1) is 23.7 Å². The molecule has 2 bridgehead atoms. The molecule has 4 atom stereocenters. The predicted molar refractivity (Wildman–Crippen MR) is 88.5 cm³/mol. The van der Waals surface area contributed by atoms with Crippen molar-refractivity contribution in [1.29, 1.82) is 0 Å². The topological polar surface area (TPSA) is 84.9 Å². The van der Waals surface area contributed by atoms with Crippen LogP contribution in [0.3, 0.4) is 0 Å². The van der Waals surface area contributed by atoms with Crippen molar-refractivity contribution in [2.24, 2.45) is 23.7 Å². The van der Waals surface area contributed by atoms with Crippen molar-refractivity contribution < 1.29 is 24.2 Å².